The number of ketones is 2. The molecule has 1 saturated heterocycles. The fourth-order valence-electron chi connectivity index (χ4n) is 10.4. The number of aliphatic hydroxyl groups excluding tert-OH is 1. The zero-order valence-electron chi connectivity index (χ0n) is 31.4. The van der Waals surface area contributed by atoms with Crippen molar-refractivity contribution < 1.29 is 43.3 Å². The summed E-state index contributed by atoms with van der Waals surface area (Å²) in [6.07, 6.45) is 11.3. The standard InChI is InChI=1S/C44H47N3O9/c1-42-16-12-32(48)21-30(42)7-9-33-35-13-17-43(44(35,56-43)22-36(49)40(33)42)37(50)25-55-39(52)11-10-38(51)54-19-15-26-2-4-27(5-3-26)34(23-45)41(53)47-31-8-6-29-24-46-18-14-28(29)20-31/h2-6,8,12,14,16,18,20-21,24,33-36,40,49H,7,9-11,13,15,17,19,22-23,25,45H2,1H3,(H,47,53)/t33-,34?,35-,36-,40+,42-,43-,44+/m0/s1. The van der Waals surface area contributed by atoms with Gasteiger partial charge in [0.25, 0.3) is 0 Å². The number of hydrogen-bond acceptors (Lipinski definition) is 11. The van der Waals surface area contributed by atoms with E-state index in [9.17, 15) is 29.1 Å². The Morgan fingerprint density at radius 2 is 1.82 bits per heavy atom. The van der Waals surface area contributed by atoms with E-state index in [1.165, 1.54) is 0 Å². The van der Waals surface area contributed by atoms with Crippen LogP contribution >= 0.6 is 0 Å². The van der Waals surface area contributed by atoms with Crippen LogP contribution in [0.25, 0.3) is 10.8 Å². The molecule has 3 saturated carbocycles. The number of Topliss-reactive ketones (excluding diaryl/α,β-unsaturated/α-hetero) is 1. The number of benzene rings is 2. The molecule has 2 aromatic carbocycles. The van der Waals surface area contributed by atoms with Gasteiger partial charge in [0.05, 0.1) is 31.5 Å². The van der Waals surface area contributed by atoms with Crippen LogP contribution < -0.4 is 11.1 Å². The molecule has 1 spiro atoms. The number of carbonyl (C=O) groups excluding carboxylic acids is 5. The van der Waals surface area contributed by atoms with Gasteiger partial charge in [-0.1, -0.05) is 48.9 Å². The number of nitrogens with zero attached hydrogens (tertiary/aromatic N) is 1. The smallest absolute Gasteiger partial charge is 0.306 e. The second-order valence-electron chi connectivity index (χ2n) is 16.2. The van der Waals surface area contributed by atoms with Gasteiger partial charge in [-0.3, -0.25) is 29.0 Å². The van der Waals surface area contributed by atoms with Gasteiger partial charge in [-0.2, -0.15) is 0 Å². The number of nitrogens with two attached hydrogens (primary N) is 1. The van der Waals surface area contributed by atoms with E-state index in [0.717, 1.165) is 46.7 Å². The molecular formula is C44H47N3O9. The highest BCUT2D eigenvalue weighted by Gasteiger charge is 2.83. The van der Waals surface area contributed by atoms with Crippen molar-refractivity contribution in [1.82, 2.24) is 4.98 Å². The van der Waals surface area contributed by atoms with E-state index in [-0.39, 0.29) is 61.2 Å². The predicted molar refractivity (Wildman–Crippen MR) is 205 cm³/mol. The Balaban J connectivity index is 0.762. The highest BCUT2D eigenvalue weighted by atomic mass is 16.6. The third-order valence-corrected chi connectivity index (χ3v) is 13.2. The molecule has 8 rings (SSSR count). The average Bonchev–Trinajstić information content (AvgIpc) is 3.71. The molecule has 12 nitrogen and oxygen atoms in total. The molecular weight excluding hydrogens is 714 g/mol. The van der Waals surface area contributed by atoms with Crippen molar-refractivity contribution in [2.75, 3.05) is 25.1 Å². The lowest BCUT2D eigenvalue weighted by Crippen LogP contribution is -2.56. The Bertz CT molecular complexity index is 2150. The van der Waals surface area contributed by atoms with Crippen molar-refractivity contribution in [2.24, 2.45) is 28.9 Å². The lowest BCUT2D eigenvalue weighted by atomic mass is 9.49. The molecule has 292 valence electrons. The van der Waals surface area contributed by atoms with Crippen molar-refractivity contribution in [2.45, 2.75) is 81.5 Å². The first kappa shape index (κ1) is 37.9. The molecule has 1 amide bonds. The number of hydrogen-bond donors (Lipinski definition) is 3. The molecule has 0 radical (unpaired) electrons. The lowest BCUT2D eigenvalue weighted by molar-refractivity contribution is -0.152. The molecule has 1 unspecified atom stereocenters. The van der Waals surface area contributed by atoms with E-state index in [1.807, 2.05) is 54.6 Å². The first-order chi connectivity index (χ1) is 27.0. The summed E-state index contributed by atoms with van der Waals surface area (Å²) < 4.78 is 17.0. The molecule has 1 aliphatic heterocycles. The van der Waals surface area contributed by atoms with E-state index in [0.29, 0.717) is 24.9 Å². The Hall–Kier alpha value is -5.04. The SMILES string of the molecule is C[C@]12C=CC(=O)C=C1CC[C@@H]1[C@@H]2[C@@H](O)C[C@]23O[C@]2(C(=O)COC(=O)CCC(=O)OCCc2ccc(C(CN)C(=O)Nc4ccc5cnccc5c4)cc2)CC[C@@H]13. The summed E-state index contributed by atoms with van der Waals surface area (Å²) in [4.78, 5) is 67.8. The summed E-state index contributed by atoms with van der Waals surface area (Å²) in [6, 6.07) is 14.9. The van der Waals surface area contributed by atoms with Crippen LogP contribution in [0.3, 0.4) is 0 Å². The quantitative estimate of drug-likeness (QED) is 0.162. The molecule has 0 bridgehead atoms. The molecule has 3 aromatic rings. The summed E-state index contributed by atoms with van der Waals surface area (Å²) in [5, 5.41) is 16.4. The Morgan fingerprint density at radius 1 is 1.04 bits per heavy atom. The van der Waals surface area contributed by atoms with E-state index in [4.69, 9.17) is 19.9 Å². The van der Waals surface area contributed by atoms with Gasteiger partial charge in [0.1, 0.15) is 5.60 Å². The number of amides is 1. The van der Waals surface area contributed by atoms with Gasteiger partial charge >= 0.3 is 11.9 Å². The number of rotatable bonds is 13. The minimum absolute atomic E-state index is 0.0164. The zero-order chi connectivity index (χ0) is 39.2. The average molecular weight is 762 g/mol. The lowest BCUT2D eigenvalue weighted by Gasteiger charge is -2.55. The fraction of sp³-hybridized carbons (Fsp3) is 0.455. The van der Waals surface area contributed by atoms with Crippen LogP contribution in [0.2, 0.25) is 0 Å². The molecule has 1 aromatic heterocycles. The molecule has 8 atom stereocenters. The van der Waals surface area contributed by atoms with Gasteiger partial charge in [-0.15, -0.1) is 0 Å². The summed E-state index contributed by atoms with van der Waals surface area (Å²) in [5.74, 6) is -2.15. The Labute approximate surface area is 324 Å². The minimum atomic E-state index is -1.07. The van der Waals surface area contributed by atoms with Crippen LogP contribution in [0.1, 0.15) is 68.9 Å². The molecule has 56 heavy (non-hydrogen) atoms. The van der Waals surface area contributed by atoms with Crippen molar-refractivity contribution in [3.63, 3.8) is 0 Å². The monoisotopic (exact) mass is 761 g/mol. The van der Waals surface area contributed by atoms with Crippen LogP contribution in [-0.2, 0) is 44.6 Å². The number of epoxide rings is 1. The maximum absolute atomic E-state index is 13.5. The third kappa shape index (κ3) is 6.67. The molecule has 4 aliphatic carbocycles. The normalized spacial score (nSPS) is 30.2. The number of aromatic nitrogens is 1. The van der Waals surface area contributed by atoms with Gasteiger partial charge < -0.3 is 30.4 Å². The van der Waals surface area contributed by atoms with Gasteiger partial charge in [0.2, 0.25) is 11.7 Å². The van der Waals surface area contributed by atoms with Crippen LogP contribution in [0.15, 0.2) is 84.7 Å². The largest absolute Gasteiger partial charge is 0.465 e. The van der Waals surface area contributed by atoms with E-state index in [1.54, 1.807) is 24.5 Å². The summed E-state index contributed by atoms with van der Waals surface area (Å²) >= 11 is 0. The van der Waals surface area contributed by atoms with Crippen molar-refractivity contribution in [3.8, 4) is 0 Å². The second-order valence-corrected chi connectivity index (χ2v) is 16.2. The minimum Gasteiger partial charge on any atom is -0.465 e. The van der Waals surface area contributed by atoms with Gasteiger partial charge in [0, 0.05) is 54.2 Å². The number of nitrogens with one attached hydrogen (secondary N) is 1. The first-order valence-corrected chi connectivity index (χ1v) is 19.6. The molecule has 12 heteroatoms. The van der Waals surface area contributed by atoms with Gasteiger partial charge in [-0.05, 0) is 84.4 Å². The summed E-state index contributed by atoms with van der Waals surface area (Å²) in [5.41, 5.74) is 7.16. The van der Waals surface area contributed by atoms with E-state index < -0.39 is 47.2 Å². The maximum Gasteiger partial charge on any atom is 0.306 e. The van der Waals surface area contributed by atoms with Crippen LogP contribution in [0.5, 0.6) is 0 Å². The second kappa shape index (κ2) is 14.8. The van der Waals surface area contributed by atoms with Crippen LogP contribution in [-0.4, -0.2) is 76.6 Å². The number of ether oxygens (including phenoxy) is 3. The number of allylic oxidation sites excluding steroid dienone is 4. The highest BCUT2D eigenvalue weighted by molar-refractivity contribution is 6.01. The van der Waals surface area contributed by atoms with Gasteiger partial charge in [0.15, 0.2) is 18.0 Å². The number of fused-ring (bicyclic) bond motifs is 5. The summed E-state index contributed by atoms with van der Waals surface area (Å²) in [6.45, 7) is 1.88. The number of anilines is 1. The van der Waals surface area contributed by atoms with Crippen LogP contribution in [0.4, 0.5) is 5.69 Å². The number of esters is 2. The maximum atomic E-state index is 13.5. The van der Waals surface area contributed by atoms with Crippen molar-refractivity contribution in [3.05, 3.63) is 95.9 Å². The molecule has 4 fully saturated rings. The van der Waals surface area contributed by atoms with Crippen molar-refractivity contribution >= 4 is 45.9 Å². The topological polar surface area (TPSA) is 188 Å². The fourth-order valence-corrected chi connectivity index (χ4v) is 10.4. The zero-order valence-corrected chi connectivity index (χ0v) is 31.4. The number of pyridine rings is 1. The van der Waals surface area contributed by atoms with E-state index in [2.05, 4.69) is 17.2 Å². The molecule has 2 heterocycles. The molecule has 5 aliphatic rings. The number of aliphatic hydroxyl groups is 1. The van der Waals surface area contributed by atoms with E-state index >= 15 is 0 Å². The Morgan fingerprint density at radius 3 is 2.61 bits per heavy atom. The summed E-state index contributed by atoms with van der Waals surface area (Å²) in [7, 11) is 0. The Kier molecular flexibility index (Phi) is 10.0. The molecule has 4 N–H and O–H groups in total. The number of carbonyl (C=O) groups is 5. The first-order valence-electron chi connectivity index (χ1n) is 19.6. The van der Waals surface area contributed by atoms with Crippen LogP contribution in [0, 0.1) is 23.2 Å². The van der Waals surface area contributed by atoms with Gasteiger partial charge in [-0.25, -0.2) is 0 Å². The predicted octanol–water partition coefficient (Wildman–Crippen LogP) is 4.67. The third-order valence-electron chi connectivity index (χ3n) is 13.2. The highest BCUT2D eigenvalue weighted by Crippen LogP contribution is 2.73. The van der Waals surface area contributed by atoms with Crippen molar-refractivity contribution in [1.29, 1.82) is 0 Å².